The summed E-state index contributed by atoms with van der Waals surface area (Å²) in [7, 11) is 1.83. The average molecular weight is 295 g/mol. The van der Waals surface area contributed by atoms with Gasteiger partial charge in [0, 0.05) is 7.11 Å². The predicted molar refractivity (Wildman–Crippen MR) is 84.6 cm³/mol. The minimum Gasteiger partial charge on any atom is -0.494 e. The number of unbranched alkanes of at least 4 members (excludes halogenated alkanes) is 2. The molecule has 6 heteroatoms. The summed E-state index contributed by atoms with van der Waals surface area (Å²) in [5, 5.41) is 22.5. The van der Waals surface area contributed by atoms with Crippen LogP contribution in [0, 0.1) is 0 Å². The molecule has 0 spiro atoms. The number of ether oxygens (including phenoxy) is 1. The van der Waals surface area contributed by atoms with Crippen LogP contribution in [0.25, 0.3) is 0 Å². The molecule has 1 aromatic carbocycles. The van der Waals surface area contributed by atoms with E-state index in [1.54, 1.807) is 7.11 Å². The van der Waals surface area contributed by atoms with Crippen LogP contribution in [-0.2, 0) is 4.65 Å². The van der Waals surface area contributed by atoms with Crippen LogP contribution in [0.1, 0.15) is 37.9 Å². The summed E-state index contributed by atoms with van der Waals surface area (Å²) in [5.41, 5.74) is 0.735. The normalized spacial score (nSPS) is 13.7. The minimum absolute atomic E-state index is 0.167. The van der Waals surface area contributed by atoms with Crippen LogP contribution in [0.15, 0.2) is 24.3 Å². The fourth-order valence-electron chi connectivity index (χ4n) is 2.00. The Morgan fingerprint density at radius 3 is 2.52 bits per heavy atom. The molecule has 1 aromatic rings. The molecule has 0 bridgehead atoms. The van der Waals surface area contributed by atoms with Crippen LogP contribution < -0.4 is 9.96 Å². The zero-order valence-electron chi connectivity index (χ0n) is 12.9. The van der Waals surface area contributed by atoms with Crippen LogP contribution in [-0.4, -0.2) is 44.2 Å². The van der Waals surface area contributed by atoms with Crippen molar-refractivity contribution in [3.05, 3.63) is 29.8 Å². The lowest BCUT2D eigenvalue weighted by molar-refractivity contribution is 0.0991. The Labute approximate surface area is 127 Å². The van der Waals surface area contributed by atoms with Gasteiger partial charge in [-0.25, -0.2) is 0 Å². The zero-order chi connectivity index (χ0) is 15.5. The van der Waals surface area contributed by atoms with Crippen LogP contribution in [0.5, 0.6) is 5.75 Å². The molecule has 5 nitrogen and oxygen atoms in total. The molecular formula is C15H26BNO4. The van der Waals surface area contributed by atoms with Crippen molar-refractivity contribution in [3.8, 4) is 5.75 Å². The second kappa shape index (κ2) is 10.6. The molecule has 0 heterocycles. The van der Waals surface area contributed by atoms with E-state index in [9.17, 15) is 10.2 Å². The van der Waals surface area contributed by atoms with E-state index in [2.05, 4.69) is 12.2 Å². The van der Waals surface area contributed by atoms with E-state index in [0.717, 1.165) is 17.7 Å². The summed E-state index contributed by atoms with van der Waals surface area (Å²) in [6.45, 7) is 2.70. The Morgan fingerprint density at radius 1 is 1.24 bits per heavy atom. The Bertz CT molecular complexity index is 374. The van der Waals surface area contributed by atoms with E-state index in [4.69, 9.17) is 9.39 Å². The molecule has 0 saturated heterocycles. The second-order valence-electron chi connectivity index (χ2n) is 5.00. The molecule has 0 aliphatic heterocycles. The first kappa shape index (κ1) is 18.0. The number of hydrogen-bond acceptors (Lipinski definition) is 5. The molecule has 1 rings (SSSR count). The highest BCUT2D eigenvalue weighted by Gasteiger charge is 2.19. The third kappa shape index (κ3) is 6.48. The van der Waals surface area contributed by atoms with Crippen LogP contribution in [0.2, 0.25) is 0 Å². The Morgan fingerprint density at radius 2 is 1.95 bits per heavy atom. The van der Waals surface area contributed by atoms with E-state index in [-0.39, 0.29) is 14.2 Å². The maximum absolute atomic E-state index is 10.2. The van der Waals surface area contributed by atoms with Crippen molar-refractivity contribution >= 4 is 7.62 Å². The fourth-order valence-corrected chi connectivity index (χ4v) is 2.00. The highest BCUT2D eigenvalue weighted by molar-refractivity contribution is 6.23. The lowest BCUT2D eigenvalue weighted by atomic mass is 10.0. The first-order valence-electron chi connectivity index (χ1n) is 7.47. The van der Waals surface area contributed by atoms with Gasteiger partial charge >= 0.3 is 7.62 Å². The van der Waals surface area contributed by atoms with Gasteiger partial charge in [-0.1, -0.05) is 31.9 Å². The lowest BCUT2D eigenvalue weighted by Crippen LogP contribution is -2.41. The first-order valence-corrected chi connectivity index (χ1v) is 7.47. The van der Waals surface area contributed by atoms with E-state index >= 15 is 0 Å². The highest BCUT2D eigenvalue weighted by Crippen LogP contribution is 2.20. The predicted octanol–water partition coefficient (Wildman–Crippen LogP) is 1.15. The van der Waals surface area contributed by atoms with Crippen molar-refractivity contribution in [1.82, 2.24) is 5.23 Å². The molecule has 0 amide bonds. The molecule has 0 aromatic heterocycles. The smallest absolute Gasteiger partial charge is 0.360 e. The van der Waals surface area contributed by atoms with Gasteiger partial charge in [-0.3, -0.25) is 0 Å². The number of aliphatic hydroxyl groups excluding tert-OH is 2. The monoisotopic (exact) mass is 295 g/mol. The number of aliphatic hydroxyl groups is 2. The van der Waals surface area contributed by atoms with Gasteiger partial charge in [-0.05, 0) is 24.1 Å². The van der Waals surface area contributed by atoms with Gasteiger partial charge in [0.2, 0.25) is 0 Å². The second-order valence-corrected chi connectivity index (χ2v) is 5.00. The molecule has 0 aliphatic rings. The molecule has 0 radical (unpaired) electrons. The maximum atomic E-state index is 10.2. The van der Waals surface area contributed by atoms with Crippen molar-refractivity contribution in [3.63, 3.8) is 0 Å². The average Bonchev–Trinajstić information content (AvgIpc) is 2.52. The van der Waals surface area contributed by atoms with Crippen molar-refractivity contribution < 1.29 is 19.6 Å². The Hall–Kier alpha value is -1.08. The number of hydrogen-bond donors (Lipinski definition) is 3. The quantitative estimate of drug-likeness (QED) is 0.422. The highest BCUT2D eigenvalue weighted by atomic mass is 16.5. The van der Waals surface area contributed by atoms with Gasteiger partial charge in [0.1, 0.15) is 5.75 Å². The van der Waals surface area contributed by atoms with Crippen molar-refractivity contribution in [2.45, 2.75) is 38.3 Å². The summed E-state index contributed by atoms with van der Waals surface area (Å²) in [6, 6.07) is 6.86. The standard InChI is InChI=1S/C15H26BNO4/c1-3-4-5-10-21-13-8-6-12(7-9-13)15(19)14(11-18)17-16-20-2/h6-9,14-19H,3-5,10-11H2,1-2H3/t14-,15+/m1/s1. The lowest BCUT2D eigenvalue weighted by Gasteiger charge is -2.22. The van der Waals surface area contributed by atoms with Crippen LogP contribution in [0.3, 0.4) is 0 Å². The third-order valence-electron chi connectivity index (χ3n) is 3.31. The molecule has 21 heavy (non-hydrogen) atoms. The van der Waals surface area contributed by atoms with E-state index in [1.165, 1.54) is 12.8 Å². The molecule has 0 saturated carbocycles. The number of rotatable bonds is 11. The summed E-state index contributed by atoms with van der Waals surface area (Å²) in [5.74, 6) is 0.799. The van der Waals surface area contributed by atoms with Gasteiger partial charge in [0.25, 0.3) is 0 Å². The van der Waals surface area contributed by atoms with Gasteiger partial charge in [0.05, 0.1) is 25.4 Å². The topological polar surface area (TPSA) is 71.0 Å². The molecule has 0 fully saturated rings. The van der Waals surface area contributed by atoms with E-state index in [0.29, 0.717) is 6.61 Å². The maximum Gasteiger partial charge on any atom is 0.360 e. The van der Waals surface area contributed by atoms with Crippen molar-refractivity contribution in [2.24, 2.45) is 0 Å². The number of nitrogens with one attached hydrogen (secondary N) is 1. The van der Waals surface area contributed by atoms with Gasteiger partial charge in [-0.15, -0.1) is 0 Å². The molecule has 0 aliphatic carbocycles. The molecule has 2 atom stereocenters. The van der Waals surface area contributed by atoms with Gasteiger partial charge in [0.15, 0.2) is 0 Å². The Kier molecular flexibility index (Phi) is 9.09. The fraction of sp³-hybridized carbons (Fsp3) is 0.600. The molecule has 0 unspecified atom stereocenters. The SMILES string of the molecule is CCCCCOc1ccc([C@H](O)[C@@H](CO)NBOC)cc1. The zero-order valence-corrected chi connectivity index (χ0v) is 12.9. The molecular weight excluding hydrogens is 269 g/mol. The molecule has 3 N–H and O–H groups in total. The van der Waals surface area contributed by atoms with Gasteiger partial charge < -0.3 is 24.8 Å². The van der Waals surface area contributed by atoms with E-state index < -0.39 is 12.1 Å². The van der Waals surface area contributed by atoms with Crippen LogP contribution >= 0.6 is 0 Å². The summed E-state index contributed by atoms with van der Waals surface area (Å²) >= 11 is 0. The summed E-state index contributed by atoms with van der Waals surface area (Å²) < 4.78 is 10.5. The van der Waals surface area contributed by atoms with Gasteiger partial charge in [-0.2, -0.15) is 0 Å². The van der Waals surface area contributed by atoms with Crippen LogP contribution in [0.4, 0.5) is 0 Å². The summed E-state index contributed by atoms with van der Waals surface area (Å²) in [6.07, 6.45) is 2.60. The number of benzene rings is 1. The van der Waals surface area contributed by atoms with E-state index in [1.807, 2.05) is 24.3 Å². The summed E-state index contributed by atoms with van der Waals surface area (Å²) in [4.78, 5) is 0. The first-order chi connectivity index (χ1) is 10.2. The third-order valence-corrected chi connectivity index (χ3v) is 3.31. The largest absolute Gasteiger partial charge is 0.494 e. The Balaban J connectivity index is 2.51. The minimum atomic E-state index is -0.792. The molecule has 118 valence electrons. The van der Waals surface area contributed by atoms with Crippen molar-refractivity contribution in [2.75, 3.05) is 20.3 Å². The van der Waals surface area contributed by atoms with Crippen molar-refractivity contribution in [1.29, 1.82) is 0 Å².